The van der Waals surface area contributed by atoms with Crippen LogP contribution in [-0.2, 0) is 9.59 Å². The molecule has 0 saturated heterocycles. The summed E-state index contributed by atoms with van der Waals surface area (Å²) in [7, 11) is 0. The zero-order valence-electron chi connectivity index (χ0n) is 19.6. The summed E-state index contributed by atoms with van der Waals surface area (Å²) in [5, 5.41) is 3.19. The van der Waals surface area contributed by atoms with Gasteiger partial charge in [0.25, 0.3) is 11.8 Å². The number of nitrogens with zero attached hydrogens (tertiary/aromatic N) is 1. The molecule has 0 radical (unpaired) electrons. The van der Waals surface area contributed by atoms with E-state index in [0.29, 0.717) is 47.2 Å². The van der Waals surface area contributed by atoms with Crippen molar-refractivity contribution in [2.24, 2.45) is 0 Å². The lowest BCUT2D eigenvalue weighted by Gasteiger charge is -2.19. The number of para-hydroxylation sites is 2. The van der Waals surface area contributed by atoms with Crippen LogP contribution in [0.25, 0.3) is 5.57 Å². The molecule has 0 aromatic heterocycles. The van der Waals surface area contributed by atoms with E-state index >= 15 is 0 Å². The number of imide groups is 1. The Morgan fingerprint density at radius 2 is 1.62 bits per heavy atom. The Balaban J connectivity index is 1.79. The zero-order chi connectivity index (χ0) is 24.1. The van der Waals surface area contributed by atoms with Gasteiger partial charge in [-0.3, -0.25) is 9.59 Å². The fraction of sp³-hybridized carbons (Fsp3) is 0.214. The molecule has 3 aromatic carbocycles. The topological polar surface area (TPSA) is 67.9 Å². The molecule has 0 atom stereocenters. The van der Waals surface area contributed by atoms with Crippen molar-refractivity contribution in [3.05, 3.63) is 89.6 Å². The number of carbonyl (C=O) groups excluding carboxylic acids is 2. The second-order valence-electron chi connectivity index (χ2n) is 7.96. The second kappa shape index (κ2) is 10.3. The molecule has 34 heavy (non-hydrogen) atoms. The van der Waals surface area contributed by atoms with Gasteiger partial charge in [0, 0.05) is 11.8 Å². The Morgan fingerprint density at radius 3 is 2.35 bits per heavy atom. The van der Waals surface area contributed by atoms with E-state index in [1.54, 1.807) is 18.2 Å². The maximum Gasteiger partial charge on any atom is 0.282 e. The quantitative estimate of drug-likeness (QED) is 0.426. The molecule has 6 heteroatoms. The second-order valence-corrected chi connectivity index (χ2v) is 7.96. The highest BCUT2D eigenvalue weighted by Crippen LogP contribution is 2.38. The number of rotatable bonds is 9. The maximum atomic E-state index is 13.7. The van der Waals surface area contributed by atoms with Gasteiger partial charge in [0.2, 0.25) is 0 Å². The molecule has 2 amide bonds. The number of carbonyl (C=O) groups is 2. The molecular formula is C28H28N2O4. The standard InChI is InChI=1S/C28H28N2O4/c1-4-17-34-24-12-7-6-11-23(24)30-27(31)25(20-15-13-19(3)14-16-20)26(28(30)32)29-21-9-8-10-22(18-21)33-5-2/h6-16,18,29H,4-5,17H2,1-3H3. The van der Waals surface area contributed by atoms with Gasteiger partial charge in [0.1, 0.15) is 17.2 Å². The van der Waals surface area contributed by atoms with Crippen LogP contribution < -0.4 is 19.7 Å². The molecular weight excluding hydrogens is 428 g/mol. The van der Waals surface area contributed by atoms with Gasteiger partial charge < -0.3 is 14.8 Å². The van der Waals surface area contributed by atoms with Crippen molar-refractivity contribution in [2.45, 2.75) is 27.2 Å². The summed E-state index contributed by atoms with van der Waals surface area (Å²) in [4.78, 5) is 28.6. The molecule has 0 saturated carbocycles. The molecule has 174 valence electrons. The molecule has 6 nitrogen and oxygen atoms in total. The minimum Gasteiger partial charge on any atom is -0.494 e. The van der Waals surface area contributed by atoms with Crippen molar-refractivity contribution < 1.29 is 19.1 Å². The van der Waals surface area contributed by atoms with Gasteiger partial charge >= 0.3 is 0 Å². The highest BCUT2D eigenvalue weighted by Gasteiger charge is 2.41. The molecule has 0 aliphatic carbocycles. The zero-order valence-corrected chi connectivity index (χ0v) is 19.6. The van der Waals surface area contributed by atoms with Crippen molar-refractivity contribution in [3.63, 3.8) is 0 Å². The van der Waals surface area contributed by atoms with Crippen molar-refractivity contribution in [3.8, 4) is 11.5 Å². The van der Waals surface area contributed by atoms with Gasteiger partial charge in [0.05, 0.1) is 24.5 Å². The van der Waals surface area contributed by atoms with Crippen LogP contribution in [-0.4, -0.2) is 25.0 Å². The number of anilines is 2. The molecule has 3 aromatic rings. The monoisotopic (exact) mass is 456 g/mol. The highest BCUT2D eigenvalue weighted by molar-refractivity contribution is 6.46. The Hall–Kier alpha value is -4.06. The van der Waals surface area contributed by atoms with Crippen molar-refractivity contribution >= 4 is 28.8 Å². The largest absolute Gasteiger partial charge is 0.494 e. The lowest BCUT2D eigenvalue weighted by Crippen LogP contribution is -2.32. The van der Waals surface area contributed by atoms with E-state index < -0.39 is 11.8 Å². The third-order valence-corrected chi connectivity index (χ3v) is 5.41. The van der Waals surface area contributed by atoms with E-state index in [0.717, 1.165) is 12.0 Å². The van der Waals surface area contributed by atoms with Gasteiger partial charge in [-0.2, -0.15) is 0 Å². The first-order chi connectivity index (χ1) is 16.5. The molecule has 0 spiro atoms. The third-order valence-electron chi connectivity index (χ3n) is 5.41. The molecule has 1 aliphatic heterocycles. The van der Waals surface area contributed by atoms with Gasteiger partial charge in [-0.15, -0.1) is 0 Å². The lowest BCUT2D eigenvalue weighted by molar-refractivity contribution is -0.120. The molecule has 1 aliphatic rings. The smallest absolute Gasteiger partial charge is 0.282 e. The minimum absolute atomic E-state index is 0.216. The van der Waals surface area contributed by atoms with E-state index in [1.807, 2.05) is 75.4 Å². The molecule has 0 fully saturated rings. The third kappa shape index (κ3) is 4.66. The summed E-state index contributed by atoms with van der Waals surface area (Å²) in [5.41, 5.74) is 3.35. The molecule has 1 N–H and O–H groups in total. The van der Waals surface area contributed by atoms with Crippen molar-refractivity contribution in [2.75, 3.05) is 23.4 Å². The summed E-state index contributed by atoms with van der Waals surface area (Å²) < 4.78 is 11.4. The normalized spacial score (nSPS) is 13.4. The van der Waals surface area contributed by atoms with Crippen LogP contribution in [0.2, 0.25) is 0 Å². The first kappa shape index (κ1) is 23.1. The first-order valence-corrected chi connectivity index (χ1v) is 11.4. The number of hydrogen-bond donors (Lipinski definition) is 1. The van der Waals surface area contributed by atoms with Crippen molar-refractivity contribution in [1.29, 1.82) is 0 Å². The van der Waals surface area contributed by atoms with Gasteiger partial charge in [-0.1, -0.05) is 55.0 Å². The predicted octanol–water partition coefficient (Wildman–Crippen LogP) is 5.58. The summed E-state index contributed by atoms with van der Waals surface area (Å²) in [6, 6.07) is 22.0. The van der Waals surface area contributed by atoms with E-state index in [2.05, 4.69) is 5.32 Å². The van der Waals surface area contributed by atoms with Crippen LogP contribution in [0.5, 0.6) is 11.5 Å². The molecule has 1 heterocycles. The van der Waals surface area contributed by atoms with Crippen LogP contribution in [0.3, 0.4) is 0 Å². The number of nitrogens with one attached hydrogen (secondary N) is 1. The Kier molecular flexibility index (Phi) is 6.97. The summed E-state index contributed by atoms with van der Waals surface area (Å²) in [5.74, 6) is 0.339. The summed E-state index contributed by atoms with van der Waals surface area (Å²) in [6.45, 7) is 6.91. The van der Waals surface area contributed by atoms with Gasteiger partial charge in [0.15, 0.2) is 0 Å². The average Bonchev–Trinajstić information content (AvgIpc) is 3.08. The molecule has 4 rings (SSSR count). The minimum atomic E-state index is -0.435. The number of amides is 2. The lowest BCUT2D eigenvalue weighted by atomic mass is 10.0. The number of aryl methyl sites for hydroxylation is 1. The molecule has 0 unspecified atom stereocenters. The molecule has 0 bridgehead atoms. The number of benzene rings is 3. The predicted molar refractivity (Wildman–Crippen MR) is 134 cm³/mol. The Morgan fingerprint density at radius 1 is 0.853 bits per heavy atom. The van der Waals surface area contributed by atoms with E-state index in [-0.39, 0.29) is 5.70 Å². The summed E-state index contributed by atoms with van der Waals surface area (Å²) >= 11 is 0. The maximum absolute atomic E-state index is 13.7. The Bertz CT molecular complexity index is 1230. The van der Waals surface area contributed by atoms with E-state index in [4.69, 9.17) is 9.47 Å². The van der Waals surface area contributed by atoms with Crippen LogP contribution in [0.1, 0.15) is 31.4 Å². The fourth-order valence-corrected chi connectivity index (χ4v) is 3.80. The highest BCUT2D eigenvalue weighted by atomic mass is 16.5. The SMILES string of the molecule is CCCOc1ccccc1N1C(=O)C(Nc2cccc(OCC)c2)=C(c2ccc(C)cc2)C1=O. The number of ether oxygens (including phenoxy) is 2. The first-order valence-electron chi connectivity index (χ1n) is 11.4. The Labute approximate surface area is 199 Å². The van der Waals surface area contributed by atoms with Gasteiger partial charge in [-0.05, 0) is 50.1 Å². The van der Waals surface area contributed by atoms with Crippen molar-refractivity contribution in [1.82, 2.24) is 0 Å². The van der Waals surface area contributed by atoms with Crippen LogP contribution in [0.15, 0.2) is 78.5 Å². The fourth-order valence-electron chi connectivity index (χ4n) is 3.80. The van der Waals surface area contributed by atoms with Crippen LogP contribution in [0, 0.1) is 6.92 Å². The van der Waals surface area contributed by atoms with E-state index in [1.165, 1.54) is 4.90 Å². The average molecular weight is 457 g/mol. The van der Waals surface area contributed by atoms with Crippen LogP contribution in [0.4, 0.5) is 11.4 Å². The van der Waals surface area contributed by atoms with Gasteiger partial charge in [-0.25, -0.2) is 4.90 Å². The van der Waals surface area contributed by atoms with Crippen LogP contribution >= 0.6 is 0 Å². The summed E-state index contributed by atoms with van der Waals surface area (Å²) in [6.07, 6.45) is 0.812. The number of hydrogen-bond acceptors (Lipinski definition) is 5. The van der Waals surface area contributed by atoms with E-state index in [9.17, 15) is 9.59 Å².